The molecule has 104 valence electrons. The molecule has 0 amide bonds. The van der Waals surface area contributed by atoms with Gasteiger partial charge in [-0.2, -0.15) is 0 Å². The summed E-state index contributed by atoms with van der Waals surface area (Å²) in [4.78, 5) is 10.8. The molecule has 0 radical (unpaired) electrons. The summed E-state index contributed by atoms with van der Waals surface area (Å²) in [6, 6.07) is 3.81. The van der Waals surface area contributed by atoms with Gasteiger partial charge in [-0.25, -0.2) is 9.18 Å². The molecular formula is C15H19FO3. The molecule has 2 rings (SSSR count). The van der Waals surface area contributed by atoms with Gasteiger partial charge in [0.2, 0.25) is 0 Å². The molecule has 1 fully saturated rings. The Morgan fingerprint density at radius 1 is 1.26 bits per heavy atom. The standard InChI is InChI=1S/C15H19FO3/c16-14-7-12(6-13(8-14)15(17)18)10-19-9-11-4-2-1-3-5-11/h6-8,11H,1-5,9-10H2,(H,17,18). The maximum absolute atomic E-state index is 13.3. The van der Waals surface area contributed by atoms with Crippen LogP contribution in [0.25, 0.3) is 0 Å². The quantitative estimate of drug-likeness (QED) is 0.885. The maximum Gasteiger partial charge on any atom is 0.335 e. The van der Waals surface area contributed by atoms with Crippen molar-refractivity contribution in [1.82, 2.24) is 0 Å². The first-order chi connectivity index (χ1) is 9.15. The normalized spacial score (nSPS) is 16.5. The number of aromatic carboxylic acids is 1. The van der Waals surface area contributed by atoms with Crippen molar-refractivity contribution >= 4 is 5.97 Å². The predicted molar refractivity (Wildman–Crippen MR) is 69.6 cm³/mol. The summed E-state index contributed by atoms with van der Waals surface area (Å²) in [5.74, 6) is -1.05. The van der Waals surface area contributed by atoms with E-state index >= 15 is 0 Å². The third kappa shape index (κ3) is 4.31. The molecule has 4 heteroatoms. The number of hydrogen-bond donors (Lipinski definition) is 1. The molecule has 0 saturated heterocycles. The second-order valence-corrected chi connectivity index (χ2v) is 5.17. The lowest BCUT2D eigenvalue weighted by molar-refractivity contribution is 0.0690. The number of ether oxygens (including phenoxy) is 1. The molecule has 1 aromatic carbocycles. The highest BCUT2D eigenvalue weighted by Gasteiger charge is 2.13. The molecule has 1 aromatic rings. The van der Waals surface area contributed by atoms with Crippen LogP contribution in [0.1, 0.15) is 48.0 Å². The summed E-state index contributed by atoms with van der Waals surface area (Å²) >= 11 is 0. The summed E-state index contributed by atoms with van der Waals surface area (Å²) in [7, 11) is 0. The van der Waals surface area contributed by atoms with E-state index in [2.05, 4.69) is 0 Å². The Morgan fingerprint density at radius 2 is 2.00 bits per heavy atom. The van der Waals surface area contributed by atoms with Crippen molar-refractivity contribution in [2.24, 2.45) is 5.92 Å². The van der Waals surface area contributed by atoms with Gasteiger partial charge in [0.05, 0.1) is 12.2 Å². The van der Waals surface area contributed by atoms with Gasteiger partial charge in [0, 0.05) is 6.61 Å². The van der Waals surface area contributed by atoms with E-state index in [9.17, 15) is 9.18 Å². The zero-order valence-electron chi connectivity index (χ0n) is 10.9. The Morgan fingerprint density at radius 3 is 2.68 bits per heavy atom. The van der Waals surface area contributed by atoms with E-state index in [0.717, 1.165) is 6.07 Å². The molecular weight excluding hydrogens is 247 g/mol. The van der Waals surface area contributed by atoms with Crippen molar-refractivity contribution in [3.63, 3.8) is 0 Å². The summed E-state index contributed by atoms with van der Waals surface area (Å²) in [6.45, 7) is 0.952. The Kier molecular flexibility index (Phi) is 4.91. The van der Waals surface area contributed by atoms with Crippen LogP contribution in [0.4, 0.5) is 4.39 Å². The minimum Gasteiger partial charge on any atom is -0.478 e. The number of benzene rings is 1. The Balaban J connectivity index is 1.86. The van der Waals surface area contributed by atoms with E-state index in [1.807, 2.05) is 0 Å². The first-order valence-corrected chi connectivity index (χ1v) is 6.75. The Bertz CT molecular complexity index is 439. The van der Waals surface area contributed by atoms with Crippen LogP contribution in [-0.2, 0) is 11.3 Å². The van der Waals surface area contributed by atoms with E-state index < -0.39 is 11.8 Å². The fourth-order valence-corrected chi connectivity index (χ4v) is 2.55. The van der Waals surface area contributed by atoms with Gasteiger partial charge in [0.25, 0.3) is 0 Å². The summed E-state index contributed by atoms with van der Waals surface area (Å²) in [5.41, 5.74) is 0.546. The van der Waals surface area contributed by atoms with Crippen LogP contribution in [0.15, 0.2) is 18.2 Å². The number of halogens is 1. The highest BCUT2D eigenvalue weighted by molar-refractivity contribution is 5.87. The lowest BCUT2D eigenvalue weighted by Gasteiger charge is -2.21. The summed E-state index contributed by atoms with van der Waals surface area (Å²) in [5, 5.41) is 8.86. The SMILES string of the molecule is O=C(O)c1cc(F)cc(COCC2CCCCC2)c1. The van der Waals surface area contributed by atoms with Crippen LogP contribution in [-0.4, -0.2) is 17.7 Å². The largest absolute Gasteiger partial charge is 0.478 e. The van der Waals surface area contributed by atoms with Crippen LogP contribution in [0.3, 0.4) is 0 Å². The van der Waals surface area contributed by atoms with Gasteiger partial charge in [-0.05, 0) is 42.5 Å². The van der Waals surface area contributed by atoms with Crippen molar-refractivity contribution in [2.45, 2.75) is 38.7 Å². The second-order valence-electron chi connectivity index (χ2n) is 5.17. The summed E-state index contributed by atoms with van der Waals surface area (Å²) < 4.78 is 18.8. The number of hydrogen-bond acceptors (Lipinski definition) is 2. The number of rotatable bonds is 5. The second kappa shape index (κ2) is 6.66. The zero-order chi connectivity index (χ0) is 13.7. The molecule has 19 heavy (non-hydrogen) atoms. The topological polar surface area (TPSA) is 46.5 Å². The van der Waals surface area contributed by atoms with Crippen LogP contribution < -0.4 is 0 Å². The molecule has 0 atom stereocenters. The third-order valence-corrected chi connectivity index (χ3v) is 3.55. The van der Waals surface area contributed by atoms with Gasteiger partial charge < -0.3 is 9.84 Å². The van der Waals surface area contributed by atoms with E-state index in [1.165, 1.54) is 44.2 Å². The van der Waals surface area contributed by atoms with Crippen LogP contribution in [0, 0.1) is 11.7 Å². The minimum atomic E-state index is -1.12. The molecule has 0 aliphatic heterocycles. The van der Waals surface area contributed by atoms with Crippen LogP contribution in [0.5, 0.6) is 0 Å². The average Bonchev–Trinajstić information content (AvgIpc) is 2.39. The van der Waals surface area contributed by atoms with Crippen LogP contribution in [0.2, 0.25) is 0 Å². The molecule has 0 bridgehead atoms. The molecule has 1 aliphatic rings. The van der Waals surface area contributed by atoms with Gasteiger partial charge in [-0.15, -0.1) is 0 Å². The average molecular weight is 266 g/mol. The number of carboxylic acid groups (broad SMARTS) is 1. The number of carbonyl (C=O) groups is 1. The Hall–Kier alpha value is -1.42. The highest BCUT2D eigenvalue weighted by atomic mass is 19.1. The zero-order valence-corrected chi connectivity index (χ0v) is 10.9. The van der Waals surface area contributed by atoms with E-state index in [4.69, 9.17) is 9.84 Å². The van der Waals surface area contributed by atoms with Gasteiger partial charge in [0.15, 0.2) is 0 Å². The first-order valence-electron chi connectivity index (χ1n) is 6.75. The molecule has 1 N–H and O–H groups in total. The van der Waals surface area contributed by atoms with E-state index in [0.29, 0.717) is 18.1 Å². The van der Waals surface area contributed by atoms with Crippen molar-refractivity contribution in [3.8, 4) is 0 Å². The van der Waals surface area contributed by atoms with Crippen molar-refractivity contribution in [1.29, 1.82) is 0 Å². The lowest BCUT2D eigenvalue weighted by Crippen LogP contribution is -2.13. The predicted octanol–water partition coefficient (Wildman–Crippen LogP) is 3.62. The van der Waals surface area contributed by atoms with Crippen molar-refractivity contribution in [3.05, 3.63) is 35.1 Å². The molecule has 0 spiro atoms. The monoisotopic (exact) mass is 266 g/mol. The van der Waals surface area contributed by atoms with Gasteiger partial charge >= 0.3 is 5.97 Å². The molecule has 1 aliphatic carbocycles. The minimum absolute atomic E-state index is 0.0312. The van der Waals surface area contributed by atoms with Gasteiger partial charge in [-0.3, -0.25) is 0 Å². The van der Waals surface area contributed by atoms with Crippen molar-refractivity contribution < 1.29 is 19.0 Å². The van der Waals surface area contributed by atoms with Gasteiger partial charge in [0.1, 0.15) is 5.82 Å². The summed E-state index contributed by atoms with van der Waals surface area (Å²) in [6.07, 6.45) is 6.23. The van der Waals surface area contributed by atoms with E-state index in [1.54, 1.807) is 0 Å². The van der Waals surface area contributed by atoms with Gasteiger partial charge in [-0.1, -0.05) is 19.3 Å². The molecule has 1 saturated carbocycles. The fraction of sp³-hybridized carbons (Fsp3) is 0.533. The molecule has 0 unspecified atom stereocenters. The highest BCUT2D eigenvalue weighted by Crippen LogP contribution is 2.24. The first kappa shape index (κ1) is 14.0. The molecule has 0 heterocycles. The molecule has 0 aromatic heterocycles. The van der Waals surface area contributed by atoms with Crippen LogP contribution >= 0.6 is 0 Å². The fourth-order valence-electron chi connectivity index (χ4n) is 2.55. The smallest absolute Gasteiger partial charge is 0.335 e. The Labute approximate surface area is 112 Å². The lowest BCUT2D eigenvalue weighted by atomic mass is 9.90. The maximum atomic E-state index is 13.3. The molecule has 3 nitrogen and oxygen atoms in total. The van der Waals surface area contributed by atoms with Crippen molar-refractivity contribution in [2.75, 3.05) is 6.61 Å². The third-order valence-electron chi connectivity index (χ3n) is 3.55. The number of carboxylic acids is 1. The van der Waals surface area contributed by atoms with E-state index in [-0.39, 0.29) is 12.2 Å².